The Balaban J connectivity index is 1.77. The number of anilines is 1. The predicted molar refractivity (Wildman–Crippen MR) is 180 cm³/mol. The lowest BCUT2D eigenvalue weighted by atomic mass is 9.88. The van der Waals surface area contributed by atoms with E-state index in [2.05, 4.69) is 19.2 Å². The van der Waals surface area contributed by atoms with Gasteiger partial charge in [0.1, 0.15) is 0 Å². The molecule has 0 spiro atoms. The quantitative estimate of drug-likeness (QED) is 0.218. The number of aliphatic hydroxyl groups is 1. The lowest BCUT2D eigenvalue weighted by Gasteiger charge is -2.36. The average molecular weight is 646 g/mol. The fourth-order valence-corrected chi connectivity index (χ4v) is 5.87. The first-order chi connectivity index (χ1) is 22.4. The van der Waals surface area contributed by atoms with Crippen molar-refractivity contribution in [3.05, 3.63) is 76.6 Å². The van der Waals surface area contributed by atoms with Crippen molar-refractivity contribution >= 4 is 29.4 Å². The molecule has 1 aliphatic heterocycles. The van der Waals surface area contributed by atoms with Crippen LogP contribution in [0.15, 0.2) is 48.5 Å². The number of benzene rings is 2. The molecule has 2 aromatic carbocycles. The Morgan fingerprint density at radius 2 is 1.66 bits per heavy atom. The van der Waals surface area contributed by atoms with E-state index in [1.165, 1.54) is 0 Å². The summed E-state index contributed by atoms with van der Waals surface area (Å²) < 4.78 is 1.57. The van der Waals surface area contributed by atoms with Gasteiger partial charge in [-0.05, 0) is 61.6 Å². The zero-order chi connectivity index (χ0) is 34.3. The summed E-state index contributed by atoms with van der Waals surface area (Å²) in [5.74, 6) is -2.14. The largest absolute Gasteiger partial charge is 0.481 e. The van der Waals surface area contributed by atoms with Crippen LogP contribution in [-0.4, -0.2) is 79.2 Å². The number of nitrogens with zero attached hydrogens (tertiary/aromatic N) is 4. The second kappa shape index (κ2) is 15.4. The summed E-state index contributed by atoms with van der Waals surface area (Å²) in [6.07, 6.45) is 3.80. The van der Waals surface area contributed by atoms with Gasteiger partial charge in [0.15, 0.2) is 5.69 Å². The monoisotopic (exact) mass is 645 g/mol. The number of aromatic nitrogens is 2. The molecule has 252 valence electrons. The molecule has 11 heteroatoms. The number of aliphatic hydroxyl groups excluding tert-OH is 1. The first kappa shape index (κ1) is 35.3. The van der Waals surface area contributed by atoms with Gasteiger partial charge in [-0.15, -0.1) is 0 Å². The number of carboxylic acid groups (broad SMARTS) is 1. The third-order valence-electron chi connectivity index (χ3n) is 8.70. The van der Waals surface area contributed by atoms with Gasteiger partial charge in [-0.25, -0.2) is 4.68 Å². The van der Waals surface area contributed by atoms with Gasteiger partial charge in [0.05, 0.1) is 35.7 Å². The second-order valence-electron chi connectivity index (χ2n) is 13.0. The second-order valence-corrected chi connectivity index (χ2v) is 13.0. The third kappa shape index (κ3) is 8.26. The van der Waals surface area contributed by atoms with Crippen molar-refractivity contribution in [1.82, 2.24) is 19.6 Å². The van der Waals surface area contributed by atoms with Crippen molar-refractivity contribution in [2.75, 3.05) is 25.0 Å². The Morgan fingerprint density at radius 1 is 1.00 bits per heavy atom. The highest BCUT2D eigenvalue weighted by Crippen LogP contribution is 2.30. The average Bonchev–Trinajstić information content (AvgIpc) is 3.43. The number of nitrogens with one attached hydrogen (secondary N) is 1. The van der Waals surface area contributed by atoms with E-state index >= 15 is 0 Å². The molecule has 11 nitrogen and oxygen atoms in total. The summed E-state index contributed by atoms with van der Waals surface area (Å²) in [6, 6.07) is 13.9. The van der Waals surface area contributed by atoms with Gasteiger partial charge in [-0.1, -0.05) is 64.8 Å². The van der Waals surface area contributed by atoms with Crippen molar-refractivity contribution in [3.63, 3.8) is 0 Å². The number of carboxylic acids is 1. The first-order valence-corrected chi connectivity index (χ1v) is 16.4. The summed E-state index contributed by atoms with van der Waals surface area (Å²) in [4.78, 5) is 56.0. The maximum Gasteiger partial charge on any atom is 0.304 e. The van der Waals surface area contributed by atoms with Crippen LogP contribution in [0, 0.1) is 12.3 Å². The molecule has 3 N–H and O–H groups in total. The number of amides is 3. The van der Waals surface area contributed by atoms with E-state index in [-0.39, 0.29) is 42.6 Å². The molecule has 4 rings (SSSR count). The molecule has 1 unspecified atom stereocenters. The Labute approximate surface area is 276 Å². The minimum absolute atomic E-state index is 0.167. The van der Waals surface area contributed by atoms with Gasteiger partial charge in [0.2, 0.25) is 5.91 Å². The fraction of sp³-hybridized carbons (Fsp3) is 0.472. The van der Waals surface area contributed by atoms with Gasteiger partial charge in [-0.2, -0.15) is 5.10 Å². The standard InChI is InChI=1S/C36H47N5O6/c1-6-8-16-39(17-9-7-2)34(46)30-18-24(3)41(38-30)31-15-14-27(37-35(47)36(4,5)21-32(43)44)20-29(31)33(45)40-22-26-13-11-10-12-25(26)19-28(40)23-42/h10-15,18,20,28,42H,6-9,16-17,19,21-23H2,1-5H3,(H,37,47)(H,43,44). The van der Waals surface area contributed by atoms with Crippen molar-refractivity contribution in [2.24, 2.45) is 5.41 Å². The summed E-state index contributed by atoms with van der Waals surface area (Å²) in [5, 5.41) is 27.1. The lowest BCUT2D eigenvalue weighted by Crippen LogP contribution is -2.46. The number of unbranched alkanes of at least 4 members (excludes halogenated alkanes) is 2. The Morgan fingerprint density at radius 3 is 2.28 bits per heavy atom. The predicted octanol–water partition coefficient (Wildman–Crippen LogP) is 5.22. The van der Waals surface area contributed by atoms with Crippen LogP contribution < -0.4 is 5.32 Å². The highest BCUT2D eigenvalue weighted by atomic mass is 16.4. The zero-order valence-corrected chi connectivity index (χ0v) is 28.1. The van der Waals surface area contributed by atoms with E-state index < -0.39 is 23.3 Å². The van der Waals surface area contributed by atoms with Gasteiger partial charge < -0.3 is 25.3 Å². The summed E-state index contributed by atoms with van der Waals surface area (Å²) in [7, 11) is 0. The van der Waals surface area contributed by atoms with Crippen molar-refractivity contribution in [1.29, 1.82) is 0 Å². The van der Waals surface area contributed by atoms with Gasteiger partial charge >= 0.3 is 5.97 Å². The molecule has 0 aliphatic carbocycles. The van der Waals surface area contributed by atoms with Crippen molar-refractivity contribution < 1.29 is 29.4 Å². The van der Waals surface area contributed by atoms with Crippen molar-refractivity contribution in [2.45, 2.75) is 85.7 Å². The molecule has 0 bridgehead atoms. The molecule has 3 amide bonds. The lowest BCUT2D eigenvalue weighted by molar-refractivity contribution is -0.142. The van der Waals surface area contributed by atoms with Crippen LogP contribution in [0.2, 0.25) is 0 Å². The first-order valence-electron chi connectivity index (χ1n) is 16.4. The molecule has 1 aliphatic rings. The molecular weight excluding hydrogens is 598 g/mol. The number of hydrogen-bond donors (Lipinski definition) is 3. The minimum atomic E-state index is -1.21. The smallest absolute Gasteiger partial charge is 0.304 e. The number of fused-ring (bicyclic) bond motifs is 1. The molecule has 0 saturated carbocycles. The molecule has 1 aromatic heterocycles. The maximum atomic E-state index is 14.5. The highest BCUT2D eigenvalue weighted by Gasteiger charge is 2.34. The topological polar surface area (TPSA) is 145 Å². The summed E-state index contributed by atoms with van der Waals surface area (Å²) in [5.41, 5.74) is 2.71. The van der Waals surface area contributed by atoms with E-state index in [0.29, 0.717) is 36.6 Å². The number of carbonyl (C=O) groups is 4. The highest BCUT2D eigenvalue weighted by molar-refractivity contribution is 6.02. The molecule has 1 atom stereocenters. The van der Waals surface area contributed by atoms with Gasteiger partial charge in [0.25, 0.3) is 11.8 Å². The SMILES string of the molecule is CCCCN(CCCC)C(=O)c1cc(C)n(-c2ccc(NC(=O)C(C)(C)CC(=O)O)cc2C(=O)N2Cc3ccccc3CC2CO)n1. The van der Waals surface area contributed by atoms with E-state index in [0.717, 1.165) is 36.8 Å². The van der Waals surface area contributed by atoms with Gasteiger partial charge in [-0.3, -0.25) is 19.2 Å². The van der Waals surface area contributed by atoms with E-state index in [9.17, 15) is 29.4 Å². The molecule has 0 fully saturated rings. The van der Waals surface area contributed by atoms with Crippen molar-refractivity contribution in [3.8, 4) is 5.69 Å². The van der Waals surface area contributed by atoms with Crippen LogP contribution in [-0.2, 0) is 22.6 Å². The molecule has 2 heterocycles. The maximum absolute atomic E-state index is 14.5. The van der Waals surface area contributed by atoms with Crippen LogP contribution in [0.5, 0.6) is 0 Å². The zero-order valence-electron chi connectivity index (χ0n) is 28.1. The Kier molecular flexibility index (Phi) is 11.6. The molecule has 0 saturated heterocycles. The van der Waals surface area contributed by atoms with Crippen LogP contribution in [0.1, 0.15) is 97.5 Å². The number of hydrogen-bond acceptors (Lipinski definition) is 6. The number of carbonyl (C=O) groups excluding carboxylic acids is 3. The Hall–Kier alpha value is -4.51. The number of aryl methyl sites for hydroxylation is 1. The molecule has 47 heavy (non-hydrogen) atoms. The Bertz CT molecular complexity index is 1600. The van der Waals surface area contributed by atoms with Crippen LogP contribution in [0.4, 0.5) is 5.69 Å². The van der Waals surface area contributed by atoms with Crippen LogP contribution in [0.25, 0.3) is 5.69 Å². The molecular formula is C36H47N5O6. The number of aliphatic carboxylic acids is 1. The molecule has 3 aromatic rings. The third-order valence-corrected chi connectivity index (χ3v) is 8.70. The molecule has 0 radical (unpaired) electrons. The minimum Gasteiger partial charge on any atom is -0.481 e. The normalized spacial score (nSPS) is 14.4. The summed E-state index contributed by atoms with van der Waals surface area (Å²) >= 11 is 0. The number of rotatable bonds is 14. The fourth-order valence-electron chi connectivity index (χ4n) is 5.87. The van der Waals surface area contributed by atoms with Gasteiger partial charge in [0, 0.05) is 31.0 Å². The van der Waals surface area contributed by atoms with E-state index in [4.69, 9.17) is 5.10 Å². The van der Waals surface area contributed by atoms with E-state index in [1.807, 2.05) is 36.1 Å². The van der Waals surface area contributed by atoms with Crippen LogP contribution >= 0.6 is 0 Å². The van der Waals surface area contributed by atoms with E-state index in [1.54, 1.807) is 47.7 Å². The van der Waals surface area contributed by atoms with Crippen LogP contribution in [0.3, 0.4) is 0 Å². The summed E-state index contributed by atoms with van der Waals surface area (Å²) in [6.45, 7) is 10.4.